The summed E-state index contributed by atoms with van der Waals surface area (Å²) in [4.78, 5) is 10.6. The molecular formula is C13H16N4O2S. The molecule has 2 aromatic rings. The second-order valence-corrected chi connectivity index (χ2v) is 5.45. The molecule has 0 aliphatic rings. The van der Waals surface area contributed by atoms with Crippen LogP contribution >= 0.6 is 11.3 Å². The van der Waals surface area contributed by atoms with Crippen molar-refractivity contribution in [3.05, 3.63) is 38.9 Å². The van der Waals surface area contributed by atoms with Gasteiger partial charge < -0.3 is 5.32 Å². The van der Waals surface area contributed by atoms with Crippen molar-refractivity contribution in [3.8, 4) is 10.6 Å². The number of hydrogen-bond acceptors (Lipinski definition) is 6. The summed E-state index contributed by atoms with van der Waals surface area (Å²) in [7, 11) is 0. The van der Waals surface area contributed by atoms with E-state index in [1.54, 1.807) is 13.0 Å². The average molecular weight is 292 g/mol. The molecule has 1 aromatic carbocycles. The monoisotopic (exact) mass is 292 g/mol. The molecule has 0 bridgehead atoms. The van der Waals surface area contributed by atoms with Crippen molar-refractivity contribution in [1.82, 2.24) is 15.5 Å². The molecule has 20 heavy (non-hydrogen) atoms. The Labute approximate surface area is 121 Å². The van der Waals surface area contributed by atoms with Gasteiger partial charge >= 0.3 is 0 Å². The second-order valence-electron chi connectivity index (χ2n) is 4.38. The molecule has 2 rings (SSSR count). The van der Waals surface area contributed by atoms with Crippen LogP contribution < -0.4 is 5.32 Å². The van der Waals surface area contributed by atoms with E-state index in [1.807, 2.05) is 6.07 Å². The molecule has 0 spiro atoms. The minimum absolute atomic E-state index is 0.114. The van der Waals surface area contributed by atoms with Gasteiger partial charge in [0, 0.05) is 23.7 Å². The molecule has 0 aliphatic carbocycles. The first-order chi connectivity index (χ1) is 9.63. The van der Waals surface area contributed by atoms with Gasteiger partial charge in [-0.2, -0.15) is 0 Å². The van der Waals surface area contributed by atoms with Crippen LogP contribution in [0.5, 0.6) is 0 Å². The van der Waals surface area contributed by atoms with Crippen LogP contribution in [0.2, 0.25) is 0 Å². The Hall–Kier alpha value is -1.86. The number of nitro benzene ring substituents is 1. The Morgan fingerprint density at radius 1 is 1.40 bits per heavy atom. The van der Waals surface area contributed by atoms with Crippen LogP contribution in [0.3, 0.4) is 0 Å². The average Bonchev–Trinajstić information content (AvgIpc) is 2.87. The highest BCUT2D eigenvalue weighted by Gasteiger charge is 2.16. The fraction of sp³-hybridized carbons (Fsp3) is 0.385. The van der Waals surface area contributed by atoms with Gasteiger partial charge in [-0.15, -0.1) is 10.2 Å². The zero-order valence-electron chi connectivity index (χ0n) is 11.4. The van der Waals surface area contributed by atoms with Gasteiger partial charge in [0.1, 0.15) is 10.0 Å². The summed E-state index contributed by atoms with van der Waals surface area (Å²) < 4.78 is 0. The van der Waals surface area contributed by atoms with Gasteiger partial charge in [-0.3, -0.25) is 10.1 Å². The van der Waals surface area contributed by atoms with E-state index in [2.05, 4.69) is 22.4 Å². The van der Waals surface area contributed by atoms with Crippen molar-refractivity contribution in [2.24, 2.45) is 0 Å². The quantitative estimate of drug-likeness (QED) is 0.503. The van der Waals surface area contributed by atoms with E-state index in [-0.39, 0.29) is 10.6 Å². The van der Waals surface area contributed by atoms with E-state index >= 15 is 0 Å². The predicted octanol–water partition coefficient (Wildman–Crippen LogP) is 2.92. The van der Waals surface area contributed by atoms with Crippen LogP contribution in [-0.2, 0) is 6.54 Å². The molecule has 7 heteroatoms. The van der Waals surface area contributed by atoms with E-state index in [1.165, 1.54) is 17.4 Å². The Morgan fingerprint density at radius 2 is 2.20 bits per heavy atom. The zero-order valence-corrected chi connectivity index (χ0v) is 12.2. The minimum Gasteiger partial charge on any atom is -0.310 e. The van der Waals surface area contributed by atoms with Crippen molar-refractivity contribution in [3.63, 3.8) is 0 Å². The lowest BCUT2D eigenvalue weighted by Crippen LogP contribution is -2.13. The minimum atomic E-state index is -0.371. The Kier molecular flexibility index (Phi) is 4.75. The van der Waals surface area contributed by atoms with Crippen LogP contribution in [0.1, 0.15) is 23.9 Å². The summed E-state index contributed by atoms with van der Waals surface area (Å²) in [5.74, 6) is 0. The molecule has 0 saturated carbocycles. The van der Waals surface area contributed by atoms with Gasteiger partial charge in [-0.25, -0.2) is 0 Å². The summed E-state index contributed by atoms with van der Waals surface area (Å²) in [5, 5.41) is 24.1. The van der Waals surface area contributed by atoms with Crippen molar-refractivity contribution >= 4 is 17.0 Å². The van der Waals surface area contributed by atoms with E-state index in [4.69, 9.17) is 0 Å². The second kappa shape index (κ2) is 6.53. The molecule has 0 saturated heterocycles. The molecule has 6 nitrogen and oxygen atoms in total. The molecular weight excluding hydrogens is 276 g/mol. The van der Waals surface area contributed by atoms with E-state index in [0.29, 0.717) is 12.1 Å². The van der Waals surface area contributed by atoms with Gasteiger partial charge in [0.05, 0.1) is 4.92 Å². The highest BCUT2D eigenvalue weighted by molar-refractivity contribution is 7.14. The van der Waals surface area contributed by atoms with Gasteiger partial charge in [-0.05, 0) is 19.9 Å². The largest absolute Gasteiger partial charge is 0.310 e. The van der Waals surface area contributed by atoms with Crippen LogP contribution in [0.25, 0.3) is 10.6 Å². The summed E-state index contributed by atoms with van der Waals surface area (Å²) in [6, 6.07) is 5.02. The number of hydrogen-bond donors (Lipinski definition) is 1. The number of benzene rings is 1. The molecule has 0 amide bonds. The van der Waals surface area contributed by atoms with Gasteiger partial charge in [0.15, 0.2) is 0 Å². The third-order valence-electron chi connectivity index (χ3n) is 2.90. The number of rotatable bonds is 6. The highest BCUT2D eigenvalue weighted by atomic mass is 32.1. The maximum atomic E-state index is 10.9. The normalized spacial score (nSPS) is 10.7. The van der Waals surface area contributed by atoms with E-state index in [9.17, 15) is 10.1 Å². The van der Waals surface area contributed by atoms with Crippen molar-refractivity contribution in [2.45, 2.75) is 26.8 Å². The molecule has 0 aliphatic heterocycles. The molecule has 0 radical (unpaired) electrons. The summed E-state index contributed by atoms with van der Waals surface area (Å²) >= 11 is 1.46. The van der Waals surface area contributed by atoms with Crippen LogP contribution in [0, 0.1) is 17.0 Å². The topological polar surface area (TPSA) is 81.0 Å². The summed E-state index contributed by atoms with van der Waals surface area (Å²) in [6.07, 6.45) is 1.07. The van der Waals surface area contributed by atoms with Gasteiger partial charge in [0.2, 0.25) is 0 Å². The van der Waals surface area contributed by atoms with Crippen molar-refractivity contribution in [2.75, 3.05) is 6.54 Å². The summed E-state index contributed by atoms with van der Waals surface area (Å²) in [5.41, 5.74) is 1.52. The maximum absolute atomic E-state index is 10.9. The first kappa shape index (κ1) is 14.5. The van der Waals surface area contributed by atoms with Crippen LogP contribution in [-0.4, -0.2) is 21.7 Å². The first-order valence-electron chi connectivity index (χ1n) is 6.41. The predicted molar refractivity (Wildman–Crippen MR) is 78.7 cm³/mol. The number of nitro groups is 1. The number of nitrogens with one attached hydrogen (secondary N) is 1. The van der Waals surface area contributed by atoms with Gasteiger partial charge in [-0.1, -0.05) is 30.4 Å². The Morgan fingerprint density at radius 3 is 2.90 bits per heavy atom. The third-order valence-corrected chi connectivity index (χ3v) is 3.86. The standard InChI is InChI=1S/C13H16N4O2S/c1-3-7-14-8-12-15-16-13(20-12)10-5-4-6-11(9(10)2)17(18)19/h4-6,14H,3,7-8H2,1-2H3. The fourth-order valence-corrected chi connectivity index (χ4v) is 2.75. The molecule has 0 fully saturated rings. The SMILES string of the molecule is CCCNCc1nnc(-c2cccc([N+](=O)[O-])c2C)s1. The zero-order chi connectivity index (χ0) is 14.5. The molecule has 1 N–H and O–H groups in total. The highest BCUT2D eigenvalue weighted by Crippen LogP contribution is 2.31. The lowest BCUT2D eigenvalue weighted by Gasteiger charge is -2.02. The molecule has 1 aromatic heterocycles. The Bertz CT molecular complexity index is 612. The lowest BCUT2D eigenvalue weighted by atomic mass is 10.1. The van der Waals surface area contributed by atoms with Crippen molar-refractivity contribution < 1.29 is 4.92 Å². The van der Waals surface area contributed by atoms with Crippen LogP contribution in [0.4, 0.5) is 5.69 Å². The lowest BCUT2D eigenvalue weighted by molar-refractivity contribution is -0.385. The van der Waals surface area contributed by atoms with E-state index < -0.39 is 0 Å². The van der Waals surface area contributed by atoms with Crippen molar-refractivity contribution in [1.29, 1.82) is 0 Å². The molecule has 0 unspecified atom stereocenters. The Balaban J connectivity index is 2.24. The first-order valence-corrected chi connectivity index (χ1v) is 7.22. The molecule has 106 valence electrons. The maximum Gasteiger partial charge on any atom is 0.273 e. The molecule has 1 heterocycles. The molecule has 0 atom stereocenters. The number of nitrogens with zero attached hydrogens (tertiary/aromatic N) is 3. The number of aromatic nitrogens is 2. The van der Waals surface area contributed by atoms with Crippen LogP contribution in [0.15, 0.2) is 18.2 Å². The smallest absolute Gasteiger partial charge is 0.273 e. The van der Waals surface area contributed by atoms with E-state index in [0.717, 1.165) is 28.5 Å². The fourth-order valence-electron chi connectivity index (χ4n) is 1.86. The van der Waals surface area contributed by atoms with Gasteiger partial charge in [0.25, 0.3) is 5.69 Å². The third kappa shape index (κ3) is 3.17. The summed E-state index contributed by atoms with van der Waals surface area (Å²) in [6.45, 7) is 5.46.